The molecule has 0 aliphatic heterocycles. The van der Waals surface area contributed by atoms with Crippen molar-refractivity contribution in [3.63, 3.8) is 0 Å². The van der Waals surface area contributed by atoms with Gasteiger partial charge in [0.05, 0.1) is 0 Å². The van der Waals surface area contributed by atoms with Gasteiger partial charge in [-0.25, -0.2) is 4.79 Å². The Kier molecular flexibility index (Phi) is 3.21. The molecule has 0 aliphatic carbocycles. The van der Waals surface area contributed by atoms with Crippen LogP contribution in [0.1, 0.15) is 31.4 Å². The zero-order chi connectivity index (χ0) is 12.3. The van der Waals surface area contributed by atoms with E-state index in [2.05, 4.69) is 25.9 Å². The number of hydrogen-bond acceptors (Lipinski definition) is 5. The van der Waals surface area contributed by atoms with Crippen LogP contribution < -0.4 is 5.32 Å². The van der Waals surface area contributed by atoms with Crippen molar-refractivity contribution >= 4 is 11.9 Å². The van der Waals surface area contributed by atoms with Crippen molar-refractivity contribution < 1.29 is 14.7 Å². The van der Waals surface area contributed by atoms with Gasteiger partial charge in [-0.05, 0) is 10.6 Å². The number of tetrazole rings is 1. The molecule has 0 saturated heterocycles. The molecule has 8 heteroatoms. The number of H-pyrrole nitrogens is 1. The number of aliphatic carboxylic acids is 1. The molecule has 0 saturated carbocycles. The summed E-state index contributed by atoms with van der Waals surface area (Å²) >= 11 is 0. The molecule has 0 aromatic carbocycles. The van der Waals surface area contributed by atoms with Crippen LogP contribution in [0.4, 0.5) is 0 Å². The Balaban J connectivity index is 2.78. The van der Waals surface area contributed by atoms with E-state index < -0.39 is 23.3 Å². The van der Waals surface area contributed by atoms with E-state index in [1.807, 2.05) is 0 Å². The number of carbonyl (C=O) groups excluding carboxylic acids is 1. The third-order valence-corrected chi connectivity index (χ3v) is 1.94. The Morgan fingerprint density at radius 1 is 1.44 bits per heavy atom. The number of hydrogen-bond donors (Lipinski definition) is 3. The number of nitrogens with one attached hydrogen (secondary N) is 2. The average Bonchev–Trinajstić information content (AvgIpc) is 2.63. The first-order valence-electron chi connectivity index (χ1n) is 4.59. The molecule has 1 unspecified atom stereocenters. The summed E-state index contributed by atoms with van der Waals surface area (Å²) in [6.07, 6.45) is 0. The van der Waals surface area contributed by atoms with Crippen LogP contribution in [0.3, 0.4) is 0 Å². The lowest BCUT2D eigenvalue weighted by Gasteiger charge is -2.27. The Morgan fingerprint density at radius 3 is 2.44 bits per heavy atom. The minimum atomic E-state index is -1.11. The molecule has 0 aliphatic rings. The lowest BCUT2D eigenvalue weighted by atomic mass is 9.87. The van der Waals surface area contributed by atoms with E-state index in [4.69, 9.17) is 5.11 Å². The lowest BCUT2D eigenvalue weighted by Crippen LogP contribution is -2.49. The smallest absolute Gasteiger partial charge is 0.326 e. The monoisotopic (exact) mass is 227 g/mol. The fraction of sp³-hybridized carbons (Fsp3) is 0.625. The highest BCUT2D eigenvalue weighted by Gasteiger charge is 2.33. The molecule has 1 atom stereocenters. The summed E-state index contributed by atoms with van der Waals surface area (Å²) in [6.45, 7) is 5.13. The van der Waals surface area contributed by atoms with Gasteiger partial charge in [-0.3, -0.25) is 4.79 Å². The van der Waals surface area contributed by atoms with E-state index in [0.29, 0.717) is 0 Å². The summed E-state index contributed by atoms with van der Waals surface area (Å²) in [6, 6.07) is -1.02. The molecule has 8 nitrogen and oxygen atoms in total. The van der Waals surface area contributed by atoms with Gasteiger partial charge in [0.2, 0.25) is 0 Å². The summed E-state index contributed by atoms with van der Waals surface area (Å²) in [5.41, 5.74) is -0.606. The molecule has 1 aromatic heterocycles. The van der Waals surface area contributed by atoms with Crippen LogP contribution in [0.5, 0.6) is 0 Å². The number of carbonyl (C=O) groups is 2. The fourth-order valence-corrected chi connectivity index (χ4v) is 1.10. The molecule has 16 heavy (non-hydrogen) atoms. The Labute approximate surface area is 91.4 Å². The predicted molar refractivity (Wildman–Crippen MR) is 52.5 cm³/mol. The first-order chi connectivity index (χ1) is 7.32. The highest BCUT2D eigenvalue weighted by Crippen LogP contribution is 2.19. The molecule has 0 fully saturated rings. The van der Waals surface area contributed by atoms with Crippen LogP contribution >= 0.6 is 0 Å². The van der Waals surface area contributed by atoms with Crippen LogP contribution in [0.25, 0.3) is 0 Å². The number of carboxylic acid groups (broad SMARTS) is 1. The van der Waals surface area contributed by atoms with Crippen molar-refractivity contribution in [2.45, 2.75) is 26.8 Å². The van der Waals surface area contributed by atoms with E-state index >= 15 is 0 Å². The standard InChI is InChI=1S/C8H13N5O3/c1-8(2,3)4(7(15)16)9-6(14)5-10-12-13-11-5/h4H,1-3H3,(H,9,14)(H,15,16)(H,10,11,12,13). The summed E-state index contributed by atoms with van der Waals surface area (Å²) in [5.74, 6) is -1.96. The average molecular weight is 227 g/mol. The molecular weight excluding hydrogens is 214 g/mol. The molecule has 1 aromatic rings. The molecule has 1 heterocycles. The quantitative estimate of drug-likeness (QED) is 0.635. The first kappa shape index (κ1) is 12.1. The van der Waals surface area contributed by atoms with Gasteiger partial charge < -0.3 is 10.4 Å². The zero-order valence-electron chi connectivity index (χ0n) is 9.18. The van der Waals surface area contributed by atoms with Crippen molar-refractivity contribution in [1.82, 2.24) is 25.9 Å². The second kappa shape index (κ2) is 4.25. The van der Waals surface area contributed by atoms with Gasteiger partial charge in [0.25, 0.3) is 11.7 Å². The van der Waals surface area contributed by atoms with Crippen LogP contribution in [0.2, 0.25) is 0 Å². The van der Waals surface area contributed by atoms with Gasteiger partial charge in [0.15, 0.2) is 0 Å². The van der Waals surface area contributed by atoms with Crippen molar-refractivity contribution in [2.24, 2.45) is 5.41 Å². The van der Waals surface area contributed by atoms with Crippen molar-refractivity contribution in [2.75, 3.05) is 0 Å². The van der Waals surface area contributed by atoms with E-state index in [-0.39, 0.29) is 5.82 Å². The minimum absolute atomic E-state index is 0.185. The molecule has 0 bridgehead atoms. The molecular formula is C8H13N5O3. The topological polar surface area (TPSA) is 121 Å². The molecule has 0 spiro atoms. The Bertz CT molecular complexity index is 381. The van der Waals surface area contributed by atoms with Gasteiger partial charge in [-0.15, -0.1) is 10.2 Å². The second-order valence-corrected chi connectivity index (χ2v) is 4.35. The third kappa shape index (κ3) is 2.75. The normalized spacial score (nSPS) is 13.2. The summed E-state index contributed by atoms with van der Waals surface area (Å²) < 4.78 is 0. The van der Waals surface area contributed by atoms with Crippen molar-refractivity contribution in [1.29, 1.82) is 0 Å². The van der Waals surface area contributed by atoms with Crippen molar-refractivity contribution in [3.05, 3.63) is 5.82 Å². The maximum absolute atomic E-state index is 11.5. The van der Waals surface area contributed by atoms with Gasteiger partial charge >= 0.3 is 5.97 Å². The van der Waals surface area contributed by atoms with Crippen molar-refractivity contribution in [3.8, 4) is 0 Å². The van der Waals surface area contributed by atoms with Crippen LogP contribution in [0.15, 0.2) is 0 Å². The Morgan fingerprint density at radius 2 is 2.06 bits per heavy atom. The van der Waals surface area contributed by atoms with Gasteiger partial charge in [0, 0.05) is 0 Å². The minimum Gasteiger partial charge on any atom is -0.480 e. The van der Waals surface area contributed by atoms with Crippen LogP contribution in [-0.2, 0) is 4.79 Å². The largest absolute Gasteiger partial charge is 0.480 e. The summed E-state index contributed by atoms with van der Waals surface area (Å²) in [5, 5.41) is 23.6. The molecule has 88 valence electrons. The molecule has 1 amide bonds. The zero-order valence-corrected chi connectivity index (χ0v) is 9.18. The maximum Gasteiger partial charge on any atom is 0.326 e. The number of amides is 1. The number of aromatic amines is 1. The number of nitrogens with zero attached hydrogens (tertiary/aromatic N) is 3. The SMILES string of the molecule is CC(C)(C)C(NC(=O)c1nn[nH]n1)C(=O)O. The summed E-state index contributed by atoms with van der Waals surface area (Å²) in [4.78, 5) is 22.5. The van der Waals surface area contributed by atoms with Crippen LogP contribution in [0, 0.1) is 5.41 Å². The predicted octanol–water partition coefficient (Wildman–Crippen LogP) is -0.571. The van der Waals surface area contributed by atoms with Gasteiger partial charge in [-0.1, -0.05) is 20.8 Å². The molecule has 0 radical (unpaired) electrons. The first-order valence-corrected chi connectivity index (χ1v) is 4.59. The Hall–Kier alpha value is -1.99. The van der Waals surface area contributed by atoms with E-state index in [1.54, 1.807) is 20.8 Å². The van der Waals surface area contributed by atoms with Crippen LogP contribution in [-0.4, -0.2) is 43.6 Å². The fourth-order valence-electron chi connectivity index (χ4n) is 1.10. The number of carboxylic acids is 1. The lowest BCUT2D eigenvalue weighted by molar-refractivity contribution is -0.142. The van der Waals surface area contributed by atoms with E-state index in [9.17, 15) is 9.59 Å². The number of rotatable bonds is 3. The summed E-state index contributed by atoms with van der Waals surface area (Å²) in [7, 11) is 0. The molecule has 3 N–H and O–H groups in total. The molecule has 1 rings (SSSR count). The third-order valence-electron chi connectivity index (χ3n) is 1.94. The second-order valence-electron chi connectivity index (χ2n) is 4.35. The van der Waals surface area contributed by atoms with Gasteiger partial charge in [-0.2, -0.15) is 5.21 Å². The maximum atomic E-state index is 11.5. The van der Waals surface area contributed by atoms with E-state index in [1.165, 1.54) is 0 Å². The number of aromatic nitrogens is 4. The highest BCUT2D eigenvalue weighted by molar-refractivity contribution is 5.93. The van der Waals surface area contributed by atoms with Gasteiger partial charge in [0.1, 0.15) is 6.04 Å². The highest BCUT2D eigenvalue weighted by atomic mass is 16.4. The van der Waals surface area contributed by atoms with E-state index in [0.717, 1.165) is 0 Å².